The number of hydrogen-bond acceptors (Lipinski definition) is 5. The molecule has 7 nitrogen and oxygen atoms in total. The molecule has 0 aliphatic carbocycles. The zero-order chi connectivity index (χ0) is 22.4. The Labute approximate surface area is 186 Å². The molecule has 2 aromatic heterocycles. The van der Waals surface area contributed by atoms with E-state index in [1.54, 1.807) is 10.9 Å². The second-order valence-electron chi connectivity index (χ2n) is 8.22. The van der Waals surface area contributed by atoms with Crippen LogP contribution in [0.25, 0.3) is 5.82 Å². The minimum Gasteiger partial charge on any atom is -0.325 e. The van der Waals surface area contributed by atoms with Gasteiger partial charge in [-0.3, -0.25) is 9.59 Å². The maximum absolute atomic E-state index is 12.5. The molecule has 0 fully saturated rings. The number of aryl methyl sites for hydroxylation is 1. The Hall–Kier alpha value is -3.13. The van der Waals surface area contributed by atoms with Gasteiger partial charge in [-0.25, -0.2) is 4.98 Å². The number of carbonyl (C=O) groups excluding carboxylic acids is 2. The minimum absolute atomic E-state index is 0.143. The molecule has 3 rings (SSSR count). The lowest BCUT2D eigenvalue weighted by molar-refractivity contribution is -0.114. The Morgan fingerprint density at radius 3 is 2.29 bits per heavy atom. The van der Waals surface area contributed by atoms with E-state index in [-0.39, 0.29) is 28.7 Å². The third kappa shape index (κ3) is 6.42. The van der Waals surface area contributed by atoms with E-state index in [0.29, 0.717) is 11.6 Å². The first kappa shape index (κ1) is 22.6. The first-order chi connectivity index (χ1) is 14.7. The Kier molecular flexibility index (Phi) is 7.12. The molecule has 0 atom stereocenters. The molecular weight excluding hydrogens is 410 g/mol. The van der Waals surface area contributed by atoms with Crippen molar-refractivity contribution in [1.29, 1.82) is 0 Å². The lowest BCUT2D eigenvalue weighted by Gasteiger charge is -2.13. The van der Waals surface area contributed by atoms with Crippen LogP contribution in [-0.2, 0) is 15.0 Å². The Bertz CT molecular complexity index is 1040. The molecule has 2 amide bonds. The van der Waals surface area contributed by atoms with Gasteiger partial charge in [0.1, 0.15) is 5.82 Å². The van der Waals surface area contributed by atoms with Crippen LogP contribution in [0.3, 0.4) is 0 Å². The summed E-state index contributed by atoms with van der Waals surface area (Å²) in [6.45, 7) is 8.18. The first-order valence-corrected chi connectivity index (χ1v) is 11.1. The Morgan fingerprint density at radius 2 is 1.68 bits per heavy atom. The van der Waals surface area contributed by atoms with Gasteiger partial charge in [0.15, 0.2) is 5.82 Å². The van der Waals surface area contributed by atoms with Gasteiger partial charge >= 0.3 is 0 Å². The molecule has 3 aromatic rings. The number of hydrogen-bond donors (Lipinski definition) is 2. The predicted molar refractivity (Wildman–Crippen MR) is 126 cm³/mol. The van der Waals surface area contributed by atoms with Crippen LogP contribution in [0.15, 0.2) is 54.7 Å². The summed E-state index contributed by atoms with van der Waals surface area (Å²) in [6, 6.07) is 15.0. The average Bonchev–Trinajstić information content (AvgIpc) is 3.14. The standard InChI is InChI=1S/C23H27N5O2S/c1-16-8-10-17(11-9-16)25-21(29)14-31-15-22(30)26-20-13-18(23(2,3)4)27-28(20)19-7-5-6-12-24-19/h5-13H,14-15H2,1-4H3,(H,25,29)(H,26,30). The van der Waals surface area contributed by atoms with Crippen molar-refractivity contribution in [3.8, 4) is 5.82 Å². The summed E-state index contributed by atoms with van der Waals surface area (Å²) in [5, 5.41) is 10.4. The third-order valence-electron chi connectivity index (χ3n) is 4.41. The van der Waals surface area contributed by atoms with Gasteiger partial charge in [0.05, 0.1) is 17.2 Å². The van der Waals surface area contributed by atoms with E-state index in [9.17, 15) is 9.59 Å². The normalized spacial score (nSPS) is 11.2. The topological polar surface area (TPSA) is 88.9 Å². The molecule has 0 radical (unpaired) electrons. The molecule has 0 bridgehead atoms. The highest BCUT2D eigenvalue weighted by molar-refractivity contribution is 8.00. The van der Waals surface area contributed by atoms with Gasteiger partial charge in [0.2, 0.25) is 11.8 Å². The molecule has 162 valence electrons. The fraction of sp³-hybridized carbons (Fsp3) is 0.304. The van der Waals surface area contributed by atoms with E-state index in [2.05, 4.69) is 41.5 Å². The molecule has 0 aliphatic rings. The molecule has 0 aliphatic heterocycles. The van der Waals surface area contributed by atoms with E-state index in [1.165, 1.54) is 11.8 Å². The van der Waals surface area contributed by atoms with Crippen molar-refractivity contribution in [3.05, 3.63) is 66.0 Å². The zero-order valence-corrected chi connectivity index (χ0v) is 19.0. The van der Waals surface area contributed by atoms with Gasteiger partial charge in [0, 0.05) is 23.4 Å². The van der Waals surface area contributed by atoms with Crippen LogP contribution in [0.5, 0.6) is 0 Å². The van der Waals surface area contributed by atoms with Gasteiger partial charge < -0.3 is 10.6 Å². The van der Waals surface area contributed by atoms with Crippen LogP contribution in [0.1, 0.15) is 32.0 Å². The lowest BCUT2D eigenvalue weighted by Crippen LogP contribution is -2.20. The molecule has 0 unspecified atom stereocenters. The highest BCUT2D eigenvalue weighted by atomic mass is 32.2. The van der Waals surface area contributed by atoms with Crippen LogP contribution in [0.4, 0.5) is 11.5 Å². The maximum atomic E-state index is 12.5. The fourth-order valence-electron chi connectivity index (χ4n) is 2.74. The monoisotopic (exact) mass is 437 g/mol. The molecule has 2 N–H and O–H groups in total. The van der Waals surface area contributed by atoms with Crippen molar-refractivity contribution < 1.29 is 9.59 Å². The van der Waals surface area contributed by atoms with E-state index >= 15 is 0 Å². The third-order valence-corrected chi connectivity index (χ3v) is 5.35. The minimum atomic E-state index is -0.203. The number of rotatable bonds is 7. The SMILES string of the molecule is Cc1ccc(NC(=O)CSCC(=O)Nc2cc(C(C)(C)C)nn2-c2ccccn2)cc1. The van der Waals surface area contributed by atoms with Crippen molar-refractivity contribution in [1.82, 2.24) is 14.8 Å². The van der Waals surface area contributed by atoms with Crippen LogP contribution < -0.4 is 10.6 Å². The molecule has 0 saturated carbocycles. The van der Waals surface area contributed by atoms with Crippen molar-refractivity contribution in [2.45, 2.75) is 33.1 Å². The van der Waals surface area contributed by atoms with Crippen molar-refractivity contribution >= 4 is 35.1 Å². The zero-order valence-electron chi connectivity index (χ0n) is 18.2. The number of amides is 2. The highest BCUT2D eigenvalue weighted by Crippen LogP contribution is 2.25. The van der Waals surface area contributed by atoms with E-state index in [1.807, 2.05) is 55.5 Å². The van der Waals surface area contributed by atoms with E-state index < -0.39 is 0 Å². The largest absolute Gasteiger partial charge is 0.325 e. The Morgan fingerprint density at radius 1 is 1.00 bits per heavy atom. The molecule has 0 spiro atoms. The van der Waals surface area contributed by atoms with Crippen LogP contribution in [0.2, 0.25) is 0 Å². The van der Waals surface area contributed by atoms with E-state index in [0.717, 1.165) is 16.9 Å². The average molecular weight is 438 g/mol. The number of nitrogens with zero attached hydrogens (tertiary/aromatic N) is 3. The summed E-state index contributed by atoms with van der Waals surface area (Å²) in [7, 11) is 0. The molecule has 1 aromatic carbocycles. The van der Waals surface area contributed by atoms with Gasteiger partial charge in [-0.15, -0.1) is 11.8 Å². The van der Waals surface area contributed by atoms with Crippen molar-refractivity contribution in [2.24, 2.45) is 0 Å². The first-order valence-electron chi connectivity index (χ1n) is 9.98. The molecule has 2 heterocycles. The van der Waals surface area contributed by atoms with Crippen LogP contribution in [0, 0.1) is 6.92 Å². The second-order valence-corrected chi connectivity index (χ2v) is 9.21. The molecule has 0 saturated heterocycles. The van der Waals surface area contributed by atoms with Crippen LogP contribution in [-0.4, -0.2) is 38.1 Å². The van der Waals surface area contributed by atoms with Crippen molar-refractivity contribution in [2.75, 3.05) is 22.1 Å². The van der Waals surface area contributed by atoms with Gasteiger partial charge in [-0.05, 0) is 31.2 Å². The molecular formula is C23H27N5O2S. The number of nitrogens with one attached hydrogen (secondary N) is 2. The summed E-state index contributed by atoms with van der Waals surface area (Å²) < 4.78 is 1.63. The predicted octanol–water partition coefficient (Wildman–Crippen LogP) is 4.18. The quantitative estimate of drug-likeness (QED) is 0.579. The summed E-state index contributed by atoms with van der Waals surface area (Å²) in [5.74, 6) is 1.17. The van der Waals surface area contributed by atoms with E-state index in [4.69, 9.17) is 0 Å². The maximum Gasteiger partial charge on any atom is 0.235 e. The summed E-state index contributed by atoms with van der Waals surface area (Å²) in [5.41, 5.74) is 2.54. The Balaban J connectivity index is 1.59. The molecule has 8 heteroatoms. The second kappa shape index (κ2) is 9.78. The summed E-state index contributed by atoms with van der Waals surface area (Å²) in [6.07, 6.45) is 1.68. The number of carbonyl (C=O) groups is 2. The highest BCUT2D eigenvalue weighted by Gasteiger charge is 2.22. The smallest absolute Gasteiger partial charge is 0.235 e. The number of thioether (sulfide) groups is 1. The number of anilines is 2. The van der Waals surface area contributed by atoms with Crippen molar-refractivity contribution in [3.63, 3.8) is 0 Å². The van der Waals surface area contributed by atoms with Crippen LogP contribution >= 0.6 is 11.8 Å². The molecule has 31 heavy (non-hydrogen) atoms. The fourth-order valence-corrected chi connectivity index (χ4v) is 3.36. The van der Waals surface area contributed by atoms with Gasteiger partial charge in [-0.1, -0.05) is 44.5 Å². The number of aromatic nitrogens is 3. The van der Waals surface area contributed by atoms with Gasteiger partial charge in [-0.2, -0.15) is 9.78 Å². The summed E-state index contributed by atoms with van der Waals surface area (Å²) in [4.78, 5) is 28.9. The van der Waals surface area contributed by atoms with Gasteiger partial charge in [0.25, 0.3) is 0 Å². The number of pyridine rings is 1. The number of benzene rings is 1. The lowest BCUT2D eigenvalue weighted by atomic mass is 9.92. The summed E-state index contributed by atoms with van der Waals surface area (Å²) >= 11 is 1.26.